The molecule has 160 valence electrons. The summed E-state index contributed by atoms with van der Waals surface area (Å²) in [5.74, 6) is -0.519. The van der Waals surface area contributed by atoms with Gasteiger partial charge in [-0.1, -0.05) is 52.0 Å². The minimum Gasteiger partial charge on any atom is -0.464 e. The molecule has 2 atom stereocenters. The van der Waals surface area contributed by atoms with Crippen molar-refractivity contribution in [1.82, 2.24) is 4.90 Å². The van der Waals surface area contributed by atoms with Crippen molar-refractivity contribution in [2.24, 2.45) is 0 Å². The van der Waals surface area contributed by atoms with E-state index in [0.29, 0.717) is 17.9 Å². The van der Waals surface area contributed by atoms with Gasteiger partial charge in [0.05, 0.1) is 6.61 Å². The van der Waals surface area contributed by atoms with Gasteiger partial charge in [0, 0.05) is 11.3 Å². The minimum atomic E-state index is -0.675. The molecule has 0 radical (unpaired) electrons. The predicted molar refractivity (Wildman–Crippen MR) is 118 cm³/mol. The van der Waals surface area contributed by atoms with Crippen LogP contribution in [0.15, 0.2) is 48.5 Å². The first kappa shape index (κ1) is 22.3. The summed E-state index contributed by atoms with van der Waals surface area (Å²) in [6.45, 7) is 8.60. The summed E-state index contributed by atoms with van der Waals surface area (Å²) < 4.78 is 18.8. The van der Waals surface area contributed by atoms with Crippen LogP contribution in [0.2, 0.25) is 0 Å². The number of rotatable bonds is 5. The number of carbonyl (C=O) groups is 2. The van der Waals surface area contributed by atoms with Gasteiger partial charge in [0.2, 0.25) is 0 Å². The Morgan fingerprint density at radius 1 is 1.10 bits per heavy atom. The molecule has 0 bridgehead atoms. The van der Waals surface area contributed by atoms with Gasteiger partial charge in [-0.2, -0.15) is 0 Å². The molecule has 0 aliphatic carbocycles. The van der Waals surface area contributed by atoms with Gasteiger partial charge >= 0.3 is 5.97 Å². The highest BCUT2D eigenvalue weighted by Crippen LogP contribution is 2.42. The van der Waals surface area contributed by atoms with Gasteiger partial charge < -0.3 is 9.64 Å². The zero-order valence-corrected chi connectivity index (χ0v) is 18.7. The van der Waals surface area contributed by atoms with E-state index in [-0.39, 0.29) is 22.5 Å². The first-order valence-electron chi connectivity index (χ1n) is 10.2. The monoisotopic (exact) mass is 429 g/mol. The molecule has 30 heavy (non-hydrogen) atoms. The Labute approximate surface area is 181 Å². The average Bonchev–Trinajstić information content (AvgIpc) is 3.16. The van der Waals surface area contributed by atoms with Gasteiger partial charge in [0.25, 0.3) is 5.91 Å². The summed E-state index contributed by atoms with van der Waals surface area (Å²) in [7, 11) is 0. The van der Waals surface area contributed by atoms with Crippen molar-refractivity contribution in [2.45, 2.75) is 50.9 Å². The van der Waals surface area contributed by atoms with Crippen molar-refractivity contribution in [3.63, 3.8) is 0 Å². The third kappa shape index (κ3) is 4.86. The van der Waals surface area contributed by atoms with Crippen molar-refractivity contribution in [1.29, 1.82) is 0 Å². The second kappa shape index (κ2) is 9.21. The predicted octanol–water partition coefficient (Wildman–Crippen LogP) is 5.33. The summed E-state index contributed by atoms with van der Waals surface area (Å²) in [5, 5.41) is -0.375. The number of amides is 1. The number of carbonyl (C=O) groups excluding carboxylic acids is 2. The highest BCUT2D eigenvalue weighted by Gasteiger charge is 2.43. The van der Waals surface area contributed by atoms with Gasteiger partial charge in [-0.3, -0.25) is 4.79 Å². The van der Waals surface area contributed by atoms with Crippen molar-refractivity contribution < 1.29 is 18.7 Å². The minimum absolute atomic E-state index is 0.0196. The maximum atomic E-state index is 13.5. The lowest BCUT2D eigenvalue weighted by Gasteiger charge is -2.29. The lowest BCUT2D eigenvalue weighted by atomic mass is 9.86. The lowest BCUT2D eigenvalue weighted by Crippen LogP contribution is -2.44. The topological polar surface area (TPSA) is 46.6 Å². The Morgan fingerprint density at radius 2 is 1.73 bits per heavy atom. The van der Waals surface area contributed by atoms with E-state index in [1.54, 1.807) is 17.0 Å². The number of hydrogen-bond acceptors (Lipinski definition) is 4. The van der Waals surface area contributed by atoms with Gasteiger partial charge in [0.15, 0.2) is 0 Å². The Hall–Kier alpha value is -2.34. The second-order valence-electron chi connectivity index (χ2n) is 8.46. The molecule has 1 heterocycles. The van der Waals surface area contributed by atoms with E-state index >= 15 is 0 Å². The number of esters is 1. The summed E-state index contributed by atoms with van der Waals surface area (Å²) in [6, 6.07) is 12.9. The average molecular weight is 430 g/mol. The van der Waals surface area contributed by atoms with Crippen LogP contribution in [0, 0.1) is 5.82 Å². The van der Waals surface area contributed by atoms with Crippen LogP contribution in [0.3, 0.4) is 0 Å². The smallest absolute Gasteiger partial charge is 0.329 e. The van der Waals surface area contributed by atoms with Crippen LogP contribution in [0.25, 0.3) is 0 Å². The number of thioether (sulfide) groups is 1. The van der Waals surface area contributed by atoms with E-state index in [9.17, 15) is 14.0 Å². The highest BCUT2D eigenvalue weighted by atomic mass is 32.2. The fraction of sp³-hybridized carbons (Fsp3) is 0.417. The van der Waals surface area contributed by atoms with Crippen molar-refractivity contribution >= 4 is 23.6 Å². The molecule has 0 N–H and O–H groups in total. The van der Waals surface area contributed by atoms with Crippen LogP contribution < -0.4 is 0 Å². The van der Waals surface area contributed by atoms with E-state index < -0.39 is 12.0 Å². The molecular formula is C24H28FNO3S. The Bertz CT molecular complexity index is 890. The molecule has 2 aromatic carbocycles. The molecule has 1 saturated heterocycles. The summed E-state index contributed by atoms with van der Waals surface area (Å²) in [4.78, 5) is 27.7. The lowest BCUT2D eigenvalue weighted by molar-refractivity contribution is -0.148. The molecule has 1 fully saturated rings. The SMILES string of the molecule is CCCOC(=O)C1CSC(c2ccc(F)cc2)N1C(=O)c1ccc(C(C)(C)C)cc1. The van der Waals surface area contributed by atoms with Crippen LogP contribution >= 0.6 is 11.8 Å². The van der Waals surface area contributed by atoms with Crippen LogP contribution in [-0.4, -0.2) is 35.2 Å². The molecule has 1 aliphatic rings. The molecule has 0 spiro atoms. The van der Waals surface area contributed by atoms with E-state index in [0.717, 1.165) is 17.5 Å². The fourth-order valence-corrected chi connectivity index (χ4v) is 4.80. The van der Waals surface area contributed by atoms with Crippen LogP contribution in [-0.2, 0) is 14.9 Å². The summed E-state index contributed by atoms with van der Waals surface area (Å²) in [6.07, 6.45) is 0.717. The van der Waals surface area contributed by atoms with Gasteiger partial charge in [-0.05, 0) is 47.2 Å². The number of benzene rings is 2. The molecule has 2 aromatic rings. The van der Waals surface area contributed by atoms with Crippen LogP contribution in [0.4, 0.5) is 4.39 Å². The number of ether oxygens (including phenoxy) is 1. The first-order chi connectivity index (χ1) is 14.2. The summed E-state index contributed by atoms with van der Waals surface area (Å²) in [5.41, 5.74) is 2.41. The number of nitrogens with zero attached hydrogens (tertiary/aromatic N) is 1. The fourth-order valence-electron chi connectivity index (χ4n) is 3.38. The Balaban J connectivity index is 1.93. The number of halogens is 1. The molecule has 1 amide bonds. The highest BCUT2D eigenvalue weighted by molar-refractivity contribution is 7.99. The largest absolute Gasteiger partial charge is 0.464 e. The maximum absolute atomic E-state index is 13.5. The molecule has 0 saturated carbocycles. The third-order valence-electron chi connectivity index (χ3n) is 5.11. The molecule has 3 rings (SSSR count). The van der Waals surface area contributed by atoms with Gasteiger partial charge in [0.1, 0.15) is 17.2 Å². The van der Waals surface area contributed by atoms with Crippen molar-refractivity contribution in [2.75, 3.05) is 12.4 Å². The molecule has 6 heteroatoms. The molecule has 4 nitrogen and oxygen atoms in total. The Morgan fingerprint density at radius 3 is 2.30 bits per heavy atom. The van der Waals surface area contributed by atoms with Crippen molar-refractivity contribution in [3.05, 3.63) is 71.0 Å². The van der Waals surface area contributed by atoms with Crippen molar-refractivity contribution in [3.8, 4) is 0 Å². The molecule has 2 unspecified atom stereocenters. The zero-order valence-electron chi connectivity index (χ0n) is 17.9. The normalized spacial score (nSPS) is 19.0. The van der Waals surface area contributed by atoms with Crippen LogP contribution in [0.5, 0.6) is 0 Å². The molecule has 0 aromatic heterocycles. The Kier molecular flexibility index (Phi) is 6.86. The molecular weight excluding hydrogens is 401 g/mol. The number of hydrogen-bond donors (Lipinski definition) is 0. The van der Waals surface area contributed by atoms with E-state index in [1.807, 2.05) is 31.2 Å². The zero-order chi connectivity index (χ0) is 21.9. The quantitative estimate of drug-likeness (QED) is 0.603. The van der Waals surface area contributed by atoms with Crippen LogP contribution in [0.1, 0.15) is 61.0 Å². The summed E-state index contributed by atoms with van der Waals surface area (Å²) >= 11 is 1.49. The van der Waals surface area contributed by atoms with Gasteiger partial charge in [-0.25, -0.2) is 9.18 Å². The maximum Gasteiger partial charge on any atom is 0.329 e. The van der Waals surface area contributed by atoms with E-state index in [1.165, 1.54) is 23.9 Å². The second-order valence-corrected chi connectivity index (χ2v) is 9.57. The third-order valence-corrected chi connectivity index (χ3v) is 6.43. The van der Waals surface area contributed by atoms with E-state index in [4.69, 9.17) is 4.74 Å². The van der Waals surface area contributed by atoms with E-state index in [2.05, 4.69) is 20.8 Å². The first-order valence-corrected chi connectivity index (χ1v) is 11.2. The van der Waals surface area contributed by atoms with Gasteiger partial charge in [-0.15, -0.1) is 11.8 Å². The standard InChI is InChI=1S/C24H28FNO3S/c1-5-14-29-23(28)20-15-30-22(17-8-12-19(25)13-9-17)26(20)21(27)16-6-10-18(11-7-16)24(2,3)4/h6-13,20,22H,5,14-15H2,1-4H3. The molecule has 1 aliphatic heterocycles.